The third-order valence-electron chi connectivity index (χ3n) is 3.04. The standard InChI is InChI=1S/C14H20ClNO/c1-3-5-7-11(4-2)10-13(17)14-12(15)8-6-9-16-14/h6,8-9,11H,3-5,7,10H2,1-2H3. The molecule has 1 atom stereocenters. The topological polar surface area (TPSA) is 30.0 Å². The molecule has 0 radical (unpaired) electrons. The van der Waals surface area contributed by atoms with Gasteiger partial charge in [0.05, 0.1) is 5.02 Å². The van der Waals surface area contributed by atoms with Crippen LogP contribution in [0.15, 0.2) is 18.3 Å². The molecule has 0 aliphatic heterocycles. The molecule has 0 aliphatic carbocycles. The van der Waals surface area contributed by atoms with Crippen LogP contribution in [-0.2, 0) is 0 Å². The zero-order valence-corrected chi connectivity index (χ0v) is 11.3. The van der Waals surface area contributed by atoms with E-state index in [1.807, 2.05) is 0 Å². The molecule has 0 saturated heterocycles. The van der Waals surface area contributed by atoms with E-state index < -0.39 is 0 Å². The summed E-state index contributed by atoms with van der Waals surface area (Å²) in [5.41, 5.74) is 0.420. The molecule has 1 aromatic heterocycles. The Labute approximate surface area is 108 Å². The number of nitrogens with zero attached hydrogens (tertiary/aromatic N) is 1. The molecule has 0 bridgehead atoms. The number of ketones is 1. The lowest BCUT2D eigenvalue weighted by Gasteiger charge is -2.13. The van der Waals surface area contributed by atoms with Crippen molar-refractivity contribution in [2.75, 3.05) is 0 Å². The predicted molar refractivity (Wildman–Crippen MR) is 71.5 cm³/mol. The second kappa shape index (κ2) is 7.44. The fourth-order valence-corrected chi connectivity index (χ4v) is 2.12. The van der Waals surface area contributed by atoms with Gasteiger partial charge in [0, 0.05) is 12.6 Å². The first kappa shape index (κ1) is 14.2. The largest absolute Gasteiger partial charge is 0.292 e. The zero-order valence-electron chi connectivity index (χ0n) is 10.6. The molecule has 3 heteroatoms. The van der Waals surface area contributed by atoms with Crippen LogP contribution in [0, 0.1) is 5.92 Å². The number of rotatable bonds is 7. The SMILES string of the molecule is CCCCC(CC)CC(=O)c1ncccc1Cl. The summed E-state index contributed by atoms with van der Waals surface area (Å²) < 4.78 is 0. The molecule has 1 rings (SSSR count). The van der Waals surface area contributed by atoms with Crippen molar-refractivity contribution in [3.63, 3.8) is 0 Å². The fraction of sp³-hybridized carbons (Fsp3) is 0.571. The van der Waals surface area contributed by atoms with E-state index in [2.05, 4.69) is 18.8 Å². The number of Topliss-reactive ketones (excluding diaryl/α,β-unsaturated/α-hetero) is 1. The lowest BCUT2D eigenvalue weighted by atomic mass is 9.93. The van der Waals surface area contributed by atoms with E-state index in [0.29, 0.717) is 23.1 Å². The van der Waals surface area contributed by atoms with E-state index in [9.17, 15) is 4.79 Å². The van der Waals surface area contributed by atoms with Crippen LogP contribution in [0.1, 0.15) is 56.4 Å². The summed E-state index contributed by atoms with van der Waals surface area (Å²) in [5.74, 6) is 0.527. The van der Waals surface area contributed by atoms with Gasteiger partial charge in [-0.3, -0.25) is 9.78 Å². The quantitative estimate of drug-likeness (QED) is 0.669. The van der Waals surface area contributed by atoms with E-state index in [4.69, 9.17) is 11.6 Å². The number of unbranched alkanes of at least 4 members (excludes halogenated alkanes) is 1. The van der Waals surface area contributed by atoms with Crippen LogP contribution in [0.25, 0.3) is 0 Å². The van der Waals surface area contributed by atoms with Crippen LogP contribution in [0.5, 0.6) is 0 Å². The molecular formula is C14H20ClNO. The monoisotopic (exact) mass is 253 g/mol. The average molecular weight is 254 g/mol. The minimum absolute atomic E-state index is 0.0681. The molecule has 0 fully saturated rings. The Morgan fingerprint density at radius 1 is 1.47 bits per heavy atom. The Hall–Kier alpha value is -0.890. The minimum Gasteiger partial charge on any atom is -0.292 e. The molecule has 94 valence electrons. The molecule has 0 aliphatic rings. The van der Waals surface area contributed by atoms with Gasteiger partial charge in [-0.25, -0.2) is 0 Å². The first-order valence-corrected chi connectivity index (χ1v) is 6.70. The molecule has 0 amide bonds. The van der Waals surface area contributed by atoms with Crippen molar-refractivity contribution in [3.05, 3.63) is 29.0 Å². The van der Waals surface area contributed by atoms with Gasteiger partial charge in [0.2, 0.25) is 0 Å². The van der Waals surface area contributed by atoms with Gasteiger partial charge in [0.25, 0.3) is 0 Å². The fourth-order valence-electron chi connectivity index (χ4n) is 1.89. The number of carbonyl (C=O) groups excluding carboxylic acids is 1. The Morgan fingerprint density at radius 3 is 2.82 bits per heavy atom. The number of hydrogen-bond donors (Lipinski definition) is 0. The Kier molecular flexibility index (Phi) is 6.20. The summed E-state index contributed by atoms with van der Waals surface area (Å²) in [7, 11) is 0. The van der Waals surface area contributed by atoms with Crippen LogP contribution in [0.4, 0.5) is 0 Å². The number of halogens is 1. The first-order chi connectivity index (χ1) is 8.19. The Balaban J connectivity index is 2.61. The average Bonchev–Trinajstić information content (AvgIpc) is 2.34. The van der Waals surface area contributed by atoms with E-state index in [0.717, 1.165) is 12.8 Å². The molecule has 1 aromatic rings. The Bertz CT molecular complexity index is 365. The van der Waals surface area contributed by atoms with Crippen molar-refractivity contribution < 1.29 is 4.79 Å². The van der Waals surface area contributed by atoms with Gasteiger partial charge >= 0.3 is 0 Å². The molecule has 2 nitrogen and oxygen atoms in total. The molecular weight excluding hydrogens is 234 g/mol. The number of aromatic nitrogens is 1. The van der Waals surface area contributed by atoms with Crippen molar-refractivity contribution in [1.82, 2.24) is 4.98 Å². The van der Waals surface area contributed by atoms with Crippen molar-refractivity contribution in [3.8, 4) is 0 Å². The summed E-state index contributed by atoms with van der Waals surface area (Å²) >= 11 is 5.97. The molecule has 0 N–H and O–H groups in total. The van der Waals surface area contributed by atoms with Crippen LogP contribution < -0.4 is 0 Å². The lowest BCUT2D eigenvalue weighted by molar-refractivity contribution is 0.0952. The van der Waals surface area contributed by atoms with Gasteiger partial charge in [-0.05, 0) is 18.1 Å². The zero-order chi connectivity index (χ0) is 12.7. The normalized spacial score (nSPS) is 12.4. The summed E-state index contributed by atoms with van der Waals surface area (Å²) in [4.78, 5) is 16.1. The maximum absolute atomic E-state index is 12.1. The van der Waals surface area contributed by atoms with Crippen LogP contribution in [0.3, 0.4) is 0 Å². The highest BCUT2D eigenvalue weighted by atomic mass is 35.5. The third kappa shape index (κ3) is 4.47. The molecule has 0 spiro atoms. The maximum atomic E-state index is 12.1. The summed E-state index contributed by atoms with van der Waals surface area (Å²) in [6, 6.07) is 3.46. The molecule has 0 aromatic carbocycles. The maximum Gasteiger partial charge on any atom is 0.182 e. The van der Waals surface area contributed by atoms with Gasteiger partial charge in [-0.2, -0.15) is 0 Å². The van der Waals surface area contributed by atoms with Gasteiger partial charge in [-0.15, -0.1) is 0 Å². The van der Waals surface area contributed by atoms with Crippen LogP contribution in [0.2, 0.25) is 5.02 Å². The van der Waals surface area contributed by atoms with Gasteiger partial charge in [-0.1, -0.05) is 51.1 Å². The highest BCUT2D eigenvalue weighted by Gasteiger charge is 2.16. The first-order valence-electron chi connectivity index (χ1n) is 6.32. The van der Waals surface area contributed by atoms with Crippen molar-refractivity contribution in [2.24, 2.45) is 5.92 Å². The number of pyridine rings is 1. The molecule has 1 heterocycles. The highest BCUT2D eigenvalue weighted by Crippen LogP contribution is 2.21. The van der Waals surface area contributed by atoms with E-state index >= 15 is 0 Å². The number of hydrogen-bond acceptors (Lipinski definition) is 2. The van der Waals surface area contributed by atoms with Gasteiger partial charge < -0.3 is 0 Å². The van der Waals surface area contributed by atoms with Gasteiger partial charge in [0.1, 0.15) is 5.69 Å². The van der Waals surface area contributed by atoms with Crippen molar-refractivity contribution in [1.29, 1.82) is 0 Å². The van der Waals surface area contributed by atoms with Gasteiger partial charge in [0.15, 0.2) is 5.78 Å². The molecule has 1 unspecified atom stereocenters. The number of carbonyl (C=O) groups is 1. The van der Waals surface area contributed by atoms with Crippen LogP contribution >= 0.6 is 11.6 Å². The lowest BCUT2D eigenvalue weighted by Crippen LogP contribution is -2.10. The van der Waals surface area contributed by atoms with Crippen molar-refractivity contribution in [2.45, 2.75) is 46.0 Å². The summed E-state index contributed by atoms with van der Waals surface area (Å²) in [5, 5.41) is 0.461. The summed E-state index contributed by atoms with van der Waals surface area (Å²) in [6.07, 6.45) is 6.69. The second-order valence-electron chi connectivity index (χ2n) is 4.38. The molecule has 0 saturated carbocycles. The molecule has 17 heavy (non-hydrogen) atoms. The van der Waals surface area contributed by atoms with E-state index in [1.165, 1.54) is 12.8 Å². The van der Waals surface area contributed by atoms with Crippen LogP contribution in [-0.4, -0.2) is 10.8 Å². The van der Waals surface area contributed by atoms with Crippen molar-refractivity contribution >= 4 is 17.4 Å². The van der Waals surface area contributed by atoms with E-state index in [-0.39, 0.29) is 5.78 Å². The summed E-state index contributed by atoms with van der Waals surface area (Å²) in [6.45, 7) is 4.30. The minimum atomic E-state index is 0.0681. The second-order valence-corrected chi connectivity index (χ2v) is 4.78. The predicted octanol–water partition coefficient (Wildman–Crippen LogP) is 4.52. The highest BCUT2D eigenvalue weighted by molar-refractivity contribution is 6.33. The third-order valence-corrected chi connectivity index (χ3v) is 3.34. The van der Waals surface area contributed by atoms with E-state index in [1.54, 1.807) is 18.3 Å². The smallest absolute Gasteiger partial charge is 0.182 e. The Morgan fingerprint density at radius 2 is 2.24 bits per heavy atom.